The zero-order valence-electron chi connectivity index (χ0n) is 23.2. The van der Waals surface area contributed by atoms with Gasteiger partial charge >= 0.3 is 0 Å². The van der Waals surface area contributed by atoms with E-state index in [0.29, 0.717) is 31.3 Å². The molecule has 0 amide bonds. The quantitative estimate of drug-likeness (QED) is 0.233. The van der Waals surface area contributed by atoms with Gasteiger partial charge < -0.3 is 34.2 Å². The molecular weight excluding hydrogens is 518 g/mol. The molecule has 41 heavy (non-hydrogen) atoms. The number of methoxy groups -OCH3 is 1. The average Bonchev–Trinajstić information content (AvgIpc) is 3.02. The van der Waals surface area contributed by atoms with Crippen molar-refractivity contribution >= 4 is 0 Å². The van der Waals surface area contributed by atoms with Gasteiger partial charge in [0.15, 0.2) is 0 Å². The lowest BCUT2D eigenvalue weighted by Gasteiger charge is -2.44. The van der Waals surface area contributed by atoms with Gasteiger partial charge in [0.25, 0.3) is 0 Å². The lowest BCUT2D eigenvalue weighted by molar-refractivity contribution is -0.266. The summed E-state index contributed by atoms with van der Waals surface area (Å²) in [5.74, 6) is 1.26. The van der Waals surface area contributed by atoms with E-state index in [2.05, 4.69) is 0 Å². The van der Waals surface area contributed by atoms with Gasteiger partial charge in [-0.3, -0.25) is 0 Å². The first kappa shape index (κ1) is 28.8. The zero-order chi connectivity index (χ0) is 28.3. The van der Waals surface area contributed by atoms with Crippen LogP contribution >= 0.6 is 0 Å². The Bertz CT molecular complexity index is 1310. The van der Waals surface area contributed by atoms with Gasteiger partial charge in [-0.15, -0.1) is 0 Å². The summed E-state index contributed by atoms with van der Waals surface area (Å²) in [6.45, 7) is 1.45. The SMILES string of the molecule is COc1cccc(O[C@H]2O[C@H](COCc3ccccc3)[C@H](OCc3ccccc3)[C@H](OCc3ccccc3)[C@H]2N)c1. The van der Waals surface area contributed by atoms with Crippen LogP contribution in [0.4, 0.5) is 0 Å². The molecule has 214 valence electrons. The predicted molar refractivity (Wildman–Crippen MR) is 156 cm³/mol. The summed E-state index contributed by atoms with van der Waals surface area (Å²) in [5, 5.41) is 0. The van der Waals surface area contributed by atoms with Crippen molar-refractivity contribution < 1.29 is 28.4 Å². The summed E-state index contributed by atoms with van der Waals surface area (Å²) in [6, 6.07) is 36.8. The van der Waals surface area contributed by atoms with E-state index in [1.807, 2.05) is 109 Å². The highest BCUT2D eigenvalue weighted by atomic mass is 16.7. The van der Waals surface area contributed by atoms with E-state index in [1.165, 1.54) is 0 Å². The first-order valence-corrected chi connectivity index (χ1v) is 13.8. The number of nitrogens with two attached hydrogens (primary N) is 1. The van der Waals surface area contributed by atoms with Crippen molar-refractivity contribution in [2.75, 3.05) is 13.7 Å². The summed E-state index contributed by atoms with van der Waals surface area (Å²) >= 11 is 0. The van der Waals surface area contributed by atoms with Gasteiger partial charge in [-0.05, 0) is 28.8 Å². The van der Waals surface area contributed by atoms with Gasteiger partial charge in [0, 0.05) is 6.07 Å². The molecular formula is C34H37NO6. The van der Waals surface area contributed by atoms with Crippen LogP contribution in [-0.2, 0) is 38.8 Å². The Morgan fingerprint density at radius 1 is 0.634 bits per heavy atom. The minimum Gasteiger partial charge on any atom is -0.497 e. The van der Waals surface area contributed by atoms with Crippen LogP contribution in [0.3, 0.4) is 0 Å². The summed E-state index contributed by atoms with van der Waals surface area (Å²) < 4.78 is 37.3. The molecule has 1 saturated heterocycles. The molecule has 0 spiro atoms. The largest absolute Gasteiger partial charge is 0.497 e. The van der Waals surface area contributed by atoms with E-state index in [-0.39, 0.29) is 6.61 Å². The summed E-state index contributed by atoms with van der Waals surface area (Å²) in [4.78, 5) is 0. The summed E-state index contributed by atoms with van der Waals surface area (Å²) in [7, 11) is 1.62. The van der Waals surface area contributed by atoms with E-state index in [1.54, 1.807) is 13.2 Å². The third-order valence-electron chi connectivity index (χ3n) is 6.95. The van der Waals surface area contributed by atoms with Gasteiger partial charge in [-0.1, -0.05) is 97.1 Å². The van der Waals surface area contributed by atoms with Crippen LogP contribution in [0.15, 0.2) is 115 Å². The van der Waals surface area contributed by atoms with Crippen LogP contribution in [0.25, 0.3) is 0 Å². The Labute approximate surface area is 241 Å². The second kappa shape index (κ2) is 14.8. The molecule has 2 N–H and O–H groups in total. The maximum atomic E-state index is 6.82. The fourth-order valence-electron chi connectivity index (χ4n) is 4.78. The second-order valence-corrected chi connectivity index (χ2v) is 9.94. The van der Waals surface area contributed by atoms with Crippen LogP contribution < -0.4 is 15.2 Å². The van der Waals surface area contributed by atoms with Crippen LogP contribution in [0.1, 0.15) is 16.7 Å². The number of ether oxygens (including phenoxy) is 6. The Hall–Kier alpha value is -3.72. The molecule has 5 atom stereocenters. The van der Waals surface area contributed by atoms with E-state index < -0.39 is 30.6 Å². The fourth-order valence-corrected chi connectivity index (χ4v) is 4.78. The van der Waals surface area contributed by atoms with Crippen molar-refractivity contribution in [3.8, 4) is 11.5 Å². The van der Waals surface area contributed by atoms with Gasteiger partial charge in [0.05, 0.1) is 39.6 Å². The predicted octanol–water partition coefficient (Wildman–Crippen LogP) is 5.51. The molecule has 1 aliphatic rings. The summed E-state index contributed by atoms with van der Waals surface area (Å²) in [5.41, 5.74) is 9.97. The van der Waals surface area contributed by atoms with Gasteiger partial charge in [0.1, 0.15) is 29.8 Å². The normalized spacial score (nSPS) is 22.2. The van der Waals surface area contributed by atoms with Crippen LogP contribution in [0.2, 0.25) is 0 Å². The molecule has 5 rings (SSSR count). The van der Waals surface area contributed by atoms with Crippen LogP contribution in [0, 0.1) is 0 Å². The Morgan fingerprint density at radius 2 is 1.17 bits per heavy atom. The highest BCUT2D eigenvalue weighted by Gasteiger charge is 2.47. The van der Waals surface area contributed by atoms with Gasteiger partial charge in [-0.2, -0.15) is 0 Å². The molecule has 7 nitrogen and oxygen atoms in total. The molecule has 0 radical (unpaired) electrons. The number of benzene rings is 4. The zero-order valence-corrected chi connectivity index (χ0v) is 23.2. The number of rotatable bonds is 13. The molecule has 0 bridgehead atoms. The highest BCUT2D eigenvalue weighted by molar-refractivity contribution is 5.33. The first-order valence-electron chi connectivity index (χ1n) is 13.8. The molecule has 4 aromatic rings. The maximum absolute atomic E-state index is 6.82. The van der Waals surface area contributed by atoms with Crippen LogP contribution in [0.5, 0.6) is 11.5 Å². The third kappa shape index (κ3) is 8.16. The molecule has 1 heterocycles. The number of hydrogen-bond donors (Lipinski definition) is 1. The van der Waals surface area contributed by atoms with Crippen LogP contribution in [-0.4, -0.2) is 44.4 Å². The smallest absolute Gasteiger partial charge is 0.218 e. The Morgan fingerprint density at radius 3 is 1.76 bits per heavy atom. The molecule has 0 aliphatic carbocycles. The van der Waals surface area contributed by atoms with Crippen molar-refractivity contribution in [1.29, 1.82) is 0 Å². The lowest BCUT2D eigenvalue weighted by Crippen LogP contribution is -2.64. The van der Waals surface area contributed by atoms with Crippen molar-refractivity contribution in [3.05, 3.63) is 132 Å². The molecule has 0 unspecified atom stereocenters. The fraction of sp³-hybridized carbons (Fsp3) is 0.294. The molecule has 7 heteroatoms. The van der Waals surface area contributed by atoms with Gasteiger partial charge in [-0.25, -0.2) is 0 Å². The Balaban J connectivity index is 1.38. The van der Waals surface area contributed by atoms with Gasteiger partial charge in [0.2, 0.25) is 6.29 Å². The molecule has 1 fully saturated rings. The topological polar surface area (TPSA) is 81.4 Å². The highest BCUT2D eigenvalue weighted by Crippen LogP contribution is 2.30. The van der Waals surface area contributed by atoms with Crippen molar-refractivity contribution in [2.45, 2.75) is 50.5 Å². The third-order valence-corrected chi connectivity index (χ3v) is 6.95. The van der Waals surface area contributed by atoms with E-state index >= 15 is 0 Å². The average molecular weight is 556 g/mol. The second-order valence-electron chi connectivity index (χ2n) is 9.94. The monoisotopic (exact) mass is 555 g/mol. The Kier molecular flexibility index (Phi) is 10.4. The minimum absolute atomic E-state index is 0.268. The molecule has 0 saturated carbocycles. The first-order chi connectivity index (χ1) is 20.2. The molecule has 1 aliphatic heterocycles. The van der Waals surface area contributed by atoms with Crippen molar-refractivity contribution in [1.82, 2.24) is 0 Å². The van der Waals surface area contributed by atoms with Crippen molar-refractivity contribution in [2.24, 2.45) is 5.73 Å². The number of hydrogen-bond acceptors (Lipinski definition) is 7. The maximum Gasteiger partial charge on any atom is 0.218 e. The summed E-state index contributed by atoms with van der Waals surface area (Å²) in [6.07, 6.45) is -2.34. The van der Waals surface area contributed by atoms with Crippen molar-refractivity contribution in [3.63, 3.8) is 0 Å². The minimum atomic E-state index is -0.801. The van der Waals surface area contributed by atoms with E-state index in [4.69, 9.17) is 34.2 Å². The standard InChI is InChI=1S/C34H37NO6/c1-36-28-18-11-19-29(20-28)40-34-31(35)33(39-23-27-16-9-4-10-17-27)32(38-22-26-14-7-3-8-15-26)30(41-34)24-37-21-25-12-5-2-6-13-25/h2-20,30-34H,21-24,35H2,1H3/t30-,31-,32+,33-,34+/m1/s1. The van der Waals surface area contributed by atoms with E-state index in [0.717, 1.165) is 16.7 Å². The molecule has 4 aromatic carbocycles. The lowest BCUT2D eigenvalue weighted by atomic mass is 9.96. The van der Waals surface area contributed by atoms with E-state index in [9.17, 15) is 0 Å². The molecule has 0 aromatic heterocycles.